The first-order valence-electron chi connectivity index (χ1n) is 7.82. The molecule has 118 valence electrons. The van der Waals surface area contributed by atoms with Crippen molar-refractivity contribution < 1.29 is 9.47 Å². The second kappa shape index (κ2) is 9.42. The van der Waals surface area contributed by atoms with Crippen LogP contribution in [0.5, 0.6) is 0 Å². The van der Waals surface area contributed by atoms with Gasteiger partial charge in [-0.15, -0.1) is 0 Å². The Morgan fingerprint density at radius 3 is 2.90 bits per heavy atom. The Kier molecular flexibility index (Phi) is 7.51. The van der Waals surface area contributed by atoms with E-state index in [2.05, 4.69) is 17.4 Å². The number of hydrogen-bond acceptors (Lipinski definition) is 3. The fourth-order valence-corrected chi connectivity index (χ4v) is 3.13. The van der Waals surface area contributed by atoms with E-state index in [0.29, 0.717) is 5.92 Å². The fourth-order valence-electron chi connectivity index (χ4n) is 2.93. The van der Waals surface area contributed by atoms with Gasteiger partial charge in [0.15, 0.2) is 0 Å². The minimum absolute atomic E-state index is 0.503. The number of rotatable bonds is 8. The van der Waals surface area contributed by atoms with E-state index >= 15 is 0 Å². The van der Waals surface area contributed by atoms with Gasteiger partial charge in [-0.2, -0.15) is 0 Å². The molecule has 1 fully saturated rings. The van der Waals surface area contributed by atoms with E-state index in [1.165, 1.54) is 24.8 Å². The molecule has 1 aromatic carbocycles. The van der Waals surface area contributed by atoms with Crippen molar-refractivity contribution in [3.05, 3.63) is 34.9 Å². The normalized spacial score (nSPS) is 17.8. The maximum absolute atomic E-state index is 6.16. The number of methoxy groups -OCH3 is 1. The summed E-state index contributed by atoms with van der Waals surface area (Å²) in [6.07, 6.45) is 3.55. The fraction of sp³-hybridized carbons (Fsp3) is 0.647. The lowest BCUT2D eigenvalue weighted by Crippen LogP contribution is -2.27. The molecule has 0 aliphatic carbocycles. The lowest BCUT2D eigenvalue weighted by Gasteiger charge is -2.27. The summed E-state index contributed by atoms with van der Waals surface area (Å²) < 4.78 is 10.6. The molecule has 1 aliphatic rings. The van der Waals surface area contributed by atoms with E-state index in [-0.39, 0.29) is 0 Å². The van der Waals surface area contributed by atoms with Gasteiger partial charge in [0.1, 0.15) is 0 Å². The van der Waals surface area contributed by atoms with Crippen molar-refractivity contribution in [2.75, 3.05) is 40.0 Å². The van der Waals surface area contributed by atoms with Gasteiger partial charge in [0.05, 0.1) is 6.61 Å². The Labute approximate surface area is 133 Å². The molecule has 0 amide bonds. The van der Waals surface area contributed by atoms with Crippen LogP contribution >= 0.6 is 11.6 Å². The molecular weight excluding hydrogens is 286 g/mol. The summed E-state index contributed by atoms with van der Waals surface area (Å²) >= 11 is 6.16. The minimum Gasteiger partial charge on any atom is -0.383 e. The second-order valence-corrected chi connectivity index (χ2v) is 6.18. The van der Waals surface area contributed by atoms with Gasteiger partial charge >= 0.3 is 0 Å². The van der Waals surface area contributed by atoms with Gasteiger partial charge in [-0.1, -0.05) is 23.7 Å². The van der Waals surface area contributed by atoms with Crippen molar-refractivity contribution in [2.24, 2.45) is 5.92 Å². The standard InChI is InChI=1S/C17H26ClNO2/c1-20-10-7-19-13-16(11-14-5-8-21-9-6-14)15-3-2-4-17(18)12-15/h2-4,12,14,16,19H,5-11,13H2,1H3. The topological polar surface area (TPSA) is 30.5 Å². The van der Waals surface area contributed by atoms with Crippen LogP contribution in [0.2, 0.25) is 5.02 Å². The molecule has 1 aromatic rings. The van der Waals surface area contributed by atoms with Crippen LogP contribution in [-0.2, 0) is 9.47 Å². The lowest BCUT2D eigenvalue weighted by molar-refractivity contribution is 0.0616. The number of hydrogen-bond donors (Lipinski definition) is 1. The van der Waals surface area contributed by atoms with Gasteiger partial charge < -0.3 is 14.8 Å². The first kappa shape index (κ1) is 16.8. The quantitative estimate of drug-likeness (QED) is 0.746. The molecule has 1 heterocycles. The summed E-state index contributed by atoms with van der Waals surface area (Å²) in [6, 6.07) is 8.27. The van der Waals surface area contributed by atoms with Crippen LogP contribution in [0.4, 0.5) is 0 Å². The lowest BCUT2D eigenvalue weighted by atomic mass is 9.85. The summed E-state index contributed by atoms with van der Waals surface area (Å²) in [6.45, 7) is 4.43. The first-order chi connectivity index (χ1) is 10.3. The zero-order chi connectivity index (χ0) is 14.9. The molecule has 1 aliphatic heterocycles. The molecule has 0 aromatic heterocycles. The Hall–Kier alpha value is -0.610. The van der Waals surface area contributed by atoms with Gasteiger partial charge in [0.25, 0.3) is 0 Å². The van der Waals surface area contributed by atoms with Gasteiger partial charge in [-0.3, -0.25) is 0 Å². The second-order valence-electron chi connectivity index (χ2n) is 5.74. The van der Waals surface area contributed by atoms with Gasteiger partial charge in [0, 0.05) is 38.4 Å². The highest BCUT2D eigenvalue weighted by atomic mass is 35.5. The van der Waals surface area contributed by atoms with Crippen molar-refractivity contribution in [3.63, 3.8) is 0 Å². The van der Waals surface area contributed by atoms with Crippen molar-refractivity contribution in [3.8, 4) is 0 Å². The molecule has 0 radical (unpaired) electrons. The summed E-state index contributed by atoms with van der Waals surface area (Å²) in [5, 5.41) is 4.32. The smallest absolute Gasteiger partial charge is 0.0587 e. The van der Waals surface area contributed by atoms with E-state index in [1.807, 2.05) is 12.1 Å². The van der Waals surface area contributed by atoms with E-state index in [0.717, 1.165) is 43.9 Å². The average molecular weight is 312 g/mol. The maximum atomic E-state index is 6.16. The predicted octanol–water partition coefficient (Wildman–Crippen LogP) is 3.48. The van der Waals surface area contributed by atoms with E-state index < -0.39 is 0 Å². The predicted molar refractivity (Wildman–Crippen MR) is 87.1 cm³/mol. The van der Waals surface area contributed by atoms with E-state index in [1.54, 1.807) is 7.11 Å². The van der Waals surface area contributed by atoms with Crippen LogP contribution in [-0.4, -0.2) is 40.0 Å². The minimum atomic E-state index is 0.503. The highest BCUT2D eigenvalue weighted by molar-refractivity contribution is 6.30. The first-order valence-corrected chi connectivity index (χ1v) is 8.20. The third-order valence-electron chi connectivity index (χ3n) is 4.15. The Morgan fingerprint density at radius 1 is 1.38 bits per heavy atom. The van der Waals surface area contributed by atoms with Crippen molar-refractivity contribution >= 4 is 11.6 Å². The average Bonchev–Trinajstić information content (AvgIpc) is 2.51. The van der Waals surface area contributed by atoms with Crippen LogP contribution in [0, 0.1) is 5.92 Å². The number of nitrogens with one attached hydrogen (secondary N) is 1. The largest absolute Gasteiger partial charge is 0.383 e. The van der Waals surface area contributed by atoms with Gasteiger partial charge in [0.2, 0.25) is 0 Å². The Balaban J connectivity index is 1.95. The molecule has 1 unspecified atom stereocenters. The van der Waals surface area contributed by atoms with E-state index in [9.17, 15) is 0 Å². The zero-order valence-corrected chi connectivity index (χ0v) is 13.6. The molecule has 0 spiro atoms. The summed E-state index contributed by atoms with van der Waals surface area (Å²) in [4.78, 5) is 0. The molecule has 1 N–H and O–H groups in total. The summed E-state index contributed by atoms with van der Waals surface area (Å²) in [5.74, 6) is 1.26. The highest BCUT2D eigenvalue weighted by Gasteiger charge is 2.20. The summed E-state index contributed by atoms with van der Waals surface area (Å²) in [5.41, 5.74) is 1.33. The van der Waals surface area contributed by atoms with Crippen LogP contribution < -0.4 is 5.32 Å². The third-order valence-corrected chi connectivity index (χ3v) is 4.39. The zero-order valence-electron chi connectivity index (χ0n) is 12.8. The SMILES string of the molecule is COCCNCC(CC1CCOCC1)c1cccc(Cl)c1. The molecule has 3 nitrogen and oxygen atoms in total. The molecule has 2 rings (SSSR count). The van der Waals surface area contributed by atoms with Crippen LogP contribution in [0.1, 0.15) is 30.7 Å². The van der Waals surface area contributed by atoms with E-state index in [4.69, 9.17) is 21.1 Å². The van der Waals surface area contributed by atoms with Crippen LogP contribution in [0.3, 0.4) is 0 Å². The molecule has 4 heteroatoms. The van der Waals surface area contributed by atoms with Crippen molar-refractivity contribution in [1.29, 1.82) is 0 Å². The van der Waals surface area contributed by atoms with Gasteiger partial charge in [-0.25, -0.2) is 0 Å². The summed E-state index contributed by atoms with van der Waals surface area (Å²) in [7, 11) is 1.73. The highest BCUT2D eigenvalue weighted by Crippen LogP contribution is 2.30. The van der Waals surface area contributed by atoms with Gasteiger partial charge in [-0.05, 0) is 48.8 Å². The number of ether oxygens (including phenoxy) is 2. The molecule has 1 atom stereocenters. The molecule has 21 heavy (non-hydrogen) atoms. The van der Waals surface area contributed by atoms with Crippen LogP contribution in [0.25, 0.3) is 0 Å². The number of benzene rings is 1. The number of halogens is 1. The monoisotopic (exact) mass is 311 g/mol. The van der Waals surface area contributed by atoms with Crippen LogP contribution in [0.15, 0.2) is 24.3 Å². The molecule has 1 saturated heterocycles. The molecule has 0 bridgehead atoms. The Bertz CT molecular complexity index is 408. The third kappa shape index (κ3) is 5.95. The molecular formula is C17H26ClNO2. The Morgan fingerprint density at radius 2 is 2.19 bits per heavy atom. The molecule has 0 saturated carbocycles. The van der Waals surface area contributed by atoms with Crippen molar-refractivity contribution in [2.45, 2.75) is 25.2 Å². The maximum Gasteiger partial charge on any atom is 0.0587 e. The van der Waals surface area contributed by atoms with Crippen molar-refractivity contribution in [1.82, 2.24) is 5.32 Å².